The molecule has 2 rings (SSSR count). The summed E-state index contributed by atoms with van der Waals surface area (Å²) in [7, 11) is 0. The molecule has 0 radical (unpaired) electrons. The maximum atomic E-state index is 8.71. The number of aliphatic hydroxyl groups is 1. The molecule has 2 N–H and O–H groups in total. The summed E-state index contributed by atoms with van der Waals surface area (Å²) >= 11 is 5.91. The Morgan fingerprint density at radius 1 is 1.43 bits per heavy atom. The highest BCUT2D eigenvalue weighted by Gasteiger charge is 2.03. The largest absolute Gasteiger partial charge is 0.396 e. The maximum Gasteiger partial charge on any atom is 0.132 e. The molecule has 14 heavy (non-hydrogen) atoms. The summed E-state index contributed by atoms with van der Waals surface area (Å²) in [6, 6.07) is 5.95. The van der Waals surface area contributed by atoms with Crippen LogP contribution in [0.5, 0.6) is 0 Å². The van der Waals surface area contributed by atoms with Gasteiger partial charge < -0.3 is 5.11 Å². The molecule has 1 aromatic heterocycles. The maximum absolute atomic E-state index is 8.71. The van der Waals surface area contributed by atoms with Gasteiger partial charge in [0, 0.05) is 12.0 Å². The number of benzene rings is 1. The van der Waals surface area contributed by atoms with Crippen LogP contribution in [-0.2, 0) is 6.42 Å². The number of hydrogen-bond donors (Lipinski definition) is 2. The van der Waals surface area contributed by atoms with Crippen molar-refractivity contribution in [2.45, 2.75) is 12.8 Å². The summed E-state index contributed by atoms with van der Waals surface area (Å²) in [6.45, 7) is 0.219. The Balaban J connectivity index is 2.34. The van der Waals surface area contributed by atoms with E-state index < -0.39 is 0 Å². The number of aryl methyl sites for hydroxylation is 1. The van der Waals surface area contributed by atoms with E-state index in [4.69, 9.17) is 16.7 Å². The highest BCUT2D eigenvalue weighted by molar-refractivity contribution is 6.34. The highest BCUT2D eigenvalue weighted by atomic mass is 35.5. The second kappa shape index (κ2) is 3.98. The second-order valence-corrected chi connectivity index (χ2v) is 3.59. The molecule has 0 aliphatic rings. The van der Waals surface area contributed by atoms with Crippen LogP contribution < -0.4 is 0 Å². The Kier molecular flexibility index (Phi) is 2.70. The molecule has 1 aromatic carbocycles. The van der Waals surface area contributed by atoms with Gasteiger partial charge in [-0.3, -0.25) is 5.10 Å². The number of halogens is 1. The van der Waals surface area contributed by atoms with Gasteiger partial charge in [-0.2, -0.15) is 5.10 Å². The highest BCUT2D eigenvalue weighted by Crippen LogP contribution is 2.21. The average molecular weight is 211 g/mol. The number of aliphatic hydroxyl groups excluding tert-OH is 1. The Morgan fingerprint density at radius 3 is 3.07 bits per heavy atom. The minimum absolute atomic E-state index is 0.219. The van der Waals surface area contributed by atoms with Gasteiger partial charge in [-0.15, -0.1) is 0 Å². The molecule has 1 heterocycles. The van der Waals surface area contributed by atoms with E-state index in [-0.39, 0.29) is 6.61 Å². The molecule has 0 aliphatic carbocycles. The zero-order valence-electron chi connectivity index (χ0n) is 7.63. The smallest absolute Gasteiger partial charge is 0.132 e. The van der Waals surface area contributed by atoms with Crippen molar-refractivity contribution in [3.63, 3.8) is 0 Å². The van der Waals surface area contributed by atoms with Gasteiger partial charge in [-0.25, -0.2) is 0 Å². The van der Waals surface area contributed by atoms with Gasteiger partial charge in [0.15, 0.2) is 0 Å². The van der Waals surface area contributed by atoms with Crippen LogP contribution in [0, 0.1) is 0 Å². The summed E-state index contributed by atoms with van der Waals surface area (Å²) in [5.74, 6) is 0. The first-order valence-corrected chi connectivity index (χ1v) is 4.92. The van der Waals surface area contributed by atoms with Gasteiger partial charge in [0.05, 0.1) is 5.52 Å². The molecule has 0 bridgehead atoms. The van der Waals surface area contributed by atoms with Crippen molar-refractivity contribution >= 4 is 22.5 Å². The van der Waals surface area contributed by atoms with Crippen molar-refractivity contribution in [3.05, 3.63) is 28.9 Å². The molecule has 0 unspecified atom stereocenters. The first-order valence-electron chi connectivity index (χ1n) is 4.54. The lowest BCUT2D eigenvalue weighted by Gasteiger charge is -1.98. The fourth-order valence-corrected chi connectivity index (χ4v) is 1.66. The number of rotatable bonds is 3. The zero-order chi connectivity index (χ0) is 9.97. The number of H-pyrrole nitrogens is 1. The summed E-state index contributed by atoms with van der Waals surface area (Å²) < 4.78 is 0. The first kappa shape index (κ1) is 9.49. The summed E-state index contributed by atoms with van der Waals surface area (Å²) in [5, 5.41) is 17.0. The molecule has 0 amide bonds. The molecule has 3 nitrogen and oxygen atoms in total. The van der Waals surface area contributed by atoms with E-state index in [1.54, 1.807) is 0 Å². The van der Waals surface area contributed by atoms with Crippen LogP contribution in [0.15, 0.2) is 18.2 Å². The zero-order valence-corrected chi connectivity index (χ0v) is 8.38. The van der Waals surface area contributed by atoms with Gasteiger partial charge in [0.2, 0.25) is 0 Å². The van der Waals surface area contributed by atoms with Gasteiger partial charge in [-0.1, -0.05) is 17.7 Å². The van der Waals surface area contributed by atoms with Crippen LogP contribution in [0.25, 0.3) is 10.9 Å². The fourth-order valence-electron chi connectivity index (χ4n) is 1.46. The van der Waals surface area contributed by atoms with Crippen molar-refractivity contribution in [3.8, 4) is 0 Å². The minimum Gasteiger partial charge on any atom is -0.396 e. The topological polar surface area (TPSA) is 48.9 Å². The number of nitrogens with one attached hydrogen (secondary N) is 1. The van der Waals surface area contributed by atoms with E-state index in [2.05, 4.69) is 10.2 Å². The third-order valence-corrected chi connectivity index (χ3v) is 2.48. The van der Waals surface area contributed by atoms with E-state index in [9.17, 15) is 0 Å². The lowest BCUT2D eigenvalue weighted by molar-refractivity contribution is 0.288. The standard InChI is InChI=1S/C10H11ClN2O/c11-10-8-6-7(2-1-5-14)3-4-9(8)12-13-10/h3-4,6,14H,1-2,5H2,(H,12,13). The number of nitrogens with zero attached hydrogens (tertiary/aromatic N) is 1. The minimum atomic E-state index is 0.219. The number of aromatic amines is 1. The van der Waals surface area contributed by atoms with E-state index in [1.807, 2.05) is 18.2 Å². The van der Waals surface area contributed by atoms with E-state index in [0.29, 0.717) is 5.15 Å². The van der Waals surface area contributed by atoms with Gasteiger partial charge >= 0.3 is 0 Å². The predicted octanol–water partition coefficient (Wildman–Crippen LogP) is 2.14. The average Bonchev–Trinajstić information content (AvgIpc) is 2.57. The Morgan fingerprint density at radius 2 is 2.29 bits per heavy atom. The summed E-state index contributed by atoms with van der Waals surface area (Å²) in [4.78, 5) is 0. The summed E-state index contributed by atoms with van der Waals surface area (Å²) in [5.41, 5.74) is 2.05. The van der Waals surface area contributed by atoms with Crippen molar-refractivity contribution in [2.75, 3.05) is 6.61 Å². The normalized spacial score (nSPS) is 11.0. The molecule has 4 heteroatoms. The SMILES string of the molecule is OCCCc1ccc2n[nH]c(Cl)c2c1. The predicted molar refractivity (Wildman–Crippen MR) is 56.5 cm³/mol. The van der Waals surface area contributed by atoms with E-state index >= 15 is 0 Å². The lowest BCUT2D eigenvalue weighted by Crippen LogP contribution is -1.88. The molecule has 74 valence electrons. The number of aromatic nitrogens is 2. The fraction of sp³-hybridized carbons (Fsp3) is 0.300. The quantitative estimate of drug-likeness (QED) is 0.816. The van der Waals surface area contributed by atoms with Gasteiger partial charge in [0.25, 0.3) is 0 Å². The van der Waals surface area contributed by atoms with Crippen LogP contribution in [0.3, 0.4) is 0 Å². The lowest BCUT2D eigenvalue weighted by atomic mass is 10.1. The Labute approximate surface area is 86.7 Å². The number of fused-ring (bicyclic) bond motifs is 1. The van der Waals surface area contributed by atoms with Crippen LogP contribution in [0.4, 0.5) is 0 Å². The molecule has 0 spiro atoms. The Bertz CT molecular complexity index is 439. The third kappa shape index (κ3) is 1.74. The summed E-state index contributed by atoms with van der Waals surface area (Å²) in [6.07, 6.45) is 1.65. The van der Waals surface area contributed by atoms with Crippen molar-refractivity contribution in [1.29, 1.82) is 0 Å². The molecule has 2 aromatic rings. The first-order chi connectivity index (χ1) is 6.81. The molecule has 0 fully saturated rings. The van der Waals surface area contributed by atoms with Gasteiger partial charge in [0.1, 0.15) is 5.15 Å². The molecule has 0 aliphatic heterocycles. The molecular weight excluding hydrogens is 200 g/mol. The van der Waals surface area contributed by atoms with Crippen molar-refractivity contribution in [2.24, 2.45) is 0 Å². The van der Waals surface area contributed by atoms with Crippen LogP contribution in [-0.4, -0.2) is 21.9 Å². The van der Waals surface area contributed by atoms with Crippen LogP contribution in [0.2, 0.25) is 5.15 Å². The van der Waals surface area contributed by atoms with Crippen molar-refractivity contribution < 1.29 is 5.11 Å². The monoisotopic (exact) mass is 210 g/mol. The second-order valence-electron chi connectivity index (χ2n) is 3.22. The Hall–Kier alpha value is -1.06. The third-order valence-electron chi connectivity index (χ3n) is 2.20. The van der Waals surface area contributed by atoms with Crippen molar-refractivity contribution in [1.82, 2.24) is 10.2 Å². The molecular formula is C10H11ClN2O. The molecule has 0 saturated heterocycles. The molecule has 0 atom stereocenters. The van der Waals surface area contributed by atoms with Crippen LogP contribution in [0.1, 0.15) is 12.0 Å². The molecule has 0 saturated carbocycles. The van der Waals surface area contributed by atoms with Crippen LogP contribution >= 0.6 is 11.6 Å². The van der Waals surface area contributed by atoms with Gasteiger partial charge in [-0.05, 0) is 30.5 Å². The van der Waals surface area contributed by atoms with E-state index in [0.717, 1.165) is 23.7 Å². The van der Waals surface area contributed by atoms with E-state index in [1.165, 1.54) is 5.56 Å². The number of hydrogen-bond acceptors (Lipinski definition) is 2.